The van der Waals surface area contributed by atoms with Crippen LogP contribution in [0.2, 0.25) is 0 Å². The van der Waals surface area contributed by atoms with E-state index in [0.717, 1.165) is 32.4 Å². The summed E-state index contributed by atoms with van der Waals surface area (Å²) in [5.41, 5.74) is 0.927. The minimum Gasteiger partial charge on any atom is -0.478 e. The third-order valence-corrected chi connectivity index (χ3v) is 4.59. The fourth-order valence-electron chi connectivity index (χ4n) is 2.87. The smallest absolute Gasteiger partial charge is 0.335 e. The van der Waals surface area contributed by atoms with Gasteiger partial charge in [0.15, 0.2) is 0 Å². The monoisotopic (exact) mass is 290 g/mol. The number of rotatable bonds is 4. The number of carboxylic acid groups (broad SMARTS) is 1. The molecule has 5 heteroatoms. The van der Waals surface area contributed by atoms with Gasteiger partial charge in [-0.15, -0.1) is 0 Å². The first-order chi connectivity index (χ1) is 9.99. The van der Waals surface area contributed by atoms with Crippen LogP contribution in [0, 0.1) is 5.41 Å². The molecule has 2 N–H and O–H groups in total. The number of hydrogen-bond acceptors (Lipinski definition) is 2. The molecule has 2 amide bonds. The van der Waals surface area contributed by atoms with E-state index in [1.54, 1.807) is 12.1 Å². The van der Waals surface area contributed by atoms with Crippen LogP contribution in [0.25, 0.3) is 0 Å². The molecular weight excluding hydrogens is 268 g/mol. The first kappa shape index (κ1) is 15.4. The number of amides is 2. The van der Waals surface area contributed by atoms with Gasteiger partial charge in [-0.3, -0.25) is 0 Å². The molecular formula is C16H22N2O3. The number of aromatic carboxylic acids is 1. The summed E-state index contributed by atoms with van der Waals surface area (Å²) >= 11 is 0. The molecule has 114 valence electrons. The van der Waals surface area contributed by atoms with E-state index < -0.39 is 5.97 Å². The maximum atomic E-state index is 12.3. The maximum Gasteiger partial charge on any atom is 0.335 e. The van der Waals surface area contributed by atoms with E-state index >= 15 is 0 Å². The molecule has 0 saturated carbocycles. The zero-order chi connectivity index (χ0) is 15.5. The number of urea groups is 1. The molecule has 0 unspecified atom stereocenters. The summed E-state index contributed by atoms with van der Waals surface area (Å²) in [4.78, 5) is 25.0. The SMILES string of the molecule is CCC1(CC)CCN(C(=O)Nc2cccc(C(=O)O)c2)C1. The second-order valence-corrected chi connectivity index (χ2v) is 5.69. The van der Waals surface area contributed by atoms with Crippen molar-refractivity contribution in [1.29, 1.82) is 0 Å². The molecule has 0 aromatic heterocycles. The van der Waals surface area contributed by atoms with E-state index in [4.69, 9.17) is 5.11 Å². The van der Waals surface area contributed by atoms with Gasteiger partial charge in [-0.2, -0.15) is 0 Å². The highest BCUT2D eigenvalue weighted by atomic mass is 16.4. The number of nitrogens with zero attached hydrogens (tertiary/aromatic N) is 1. The van der Waals surface area contributed by atoms with E-state index in [-0.39, 0.29) is 17.0 Å². The second-order valence-electron chi connectivity index (χ2n) is 5.69. The van der Waals surface area contributed by atoms with Gasteiger partial charge in [0.25, 0.3) is 0 Å². The van der Waals surface area contributed by atoms with Crippen molar-refractivity contribution < 1.29 is 14.7 Å². The lowest BCUT2D eigenvalue weighted by Crippen LogP contribution is -2.35. The van der Waals surface area contributed by atoms with Gasteiger partial charge in [0.05, 0.1) is 5.56 Å². The fourth-order valence-corrected chi connectivity index (χ4v) is 2.87. The van der Waals surface area contributed by atoms with Crippen LogP contribution in [-0.4, -0.2) is 35.1 Å². The van der Waals surface area contributed by atoms with Crippen LogP contribution in [-0.2, 0) is 0 Å². The van der Waals surface area contributed by atoms with Crippen molar-refractivity contribution in [3.8, 4) is 0 Å². The second kappa shape index (κ2) is 6.16. The molecule has 21 heavy (non-hydrogen) atoms. The van der Waals surface area contributed by atoms with Gasteiger partial charge >= 0.3 is 12.0 Å². The number of likely N-dealkylation sites (tertiary alicyclic amines) is 1. The molecule has 1 aromatic rings. The van der Waals surface area contributed by atoms with Gasteiger partial charge in [0.2, 0.25) is 0 Å². The minimum atomic E-state index is -0.997. The van der Waals surface area contributed by atoms with E-state index in [0.29, 0.717) is 5.69 Å². The molecule has 1 fully saturated rings. The molecule has 5 nitrogen and oxygen atoms in total. The van der Waals surface area contributed by atoms with Crippen LogP contribution in [0.5, 0.6) is 0 Å². The lowest BCUT2D eigenvalue weighted by atomic mass is 9.82. The van der Waals surface area contributed by atoms with Crippen LogP contribution in [0.1, 0.15) is 43.5 Å². The number of anilines is 1. The maximum absolute atomic E-state index is 12.3. The summed E-state index contributed by atoms with van der Waals surface area (Å²) in [5.74, 6) is -0.997. The number of hydrogen-bond donors (Lipinski definition) is 2. The summed E-state index contributed by atoms with van der Waals surface area (Å²) in [6.07, 6.45) is 3.17. The number of carbonyl (C=O) groups excluding carboxylic acids is 1. The highest BCUT2D eigenvalue weighted by molar-refractivity contribution is 5.93. The topological polar surface area (TPSA) is 69.6 Å². The van der Waals surface area contributed by atoms with E-state index in [2.05, 4.69) is 19.2 Å². The summed E-state index contributed by atoms with van der Waals surface area (Å²) in [6.45, 7) is 5.86. The van der Waals surface area contributed by atoms with Crippen LogP contribution < -0.4 is 5.32 Å². The molecule has 0 spiro atoms. The molecule has 1 heterocycles. The predicted molar refractivity (Wildman–Crippen MR) is 81.6 cm³/mol. The van der Waals surface area contributed by atoms with Crippen molar-refractivity contribution in [2.75, 3.05) is 18.4 Å². The van der Waals surface area contributed by atoms with Crippen molar-refractivity contribution in [3.63, 3.8) is 0 Å². The Bertz CT molecular complexity index is 538. The van der Waals surface area contributed by atoms with Gasteiger partial charge in [0, 0.05) is 18.8 Å². The van der Waals surface area contributed by atoms with Gasteiger partial charge in [-0.1, -0.05) is 19.9 Å². The Hall–Kier alpha value is -2.04. The van der Waals surface area contributed by atoms with Gasteiger partial charge < -0.3 is 15.3 Å². The first-order valence-electron chi connectivity index (χ1n) is 7.39. The zero-order valence-corrected chi connectivity index (χ0v) is 12.6. The zero-order valence-electron chi connectivity index (χ0n) is 12.6. The van der Waals surface area contributed by atoms with Gasteiger partial charge in [0.1, 0.15) is 0 Å². The predicted octanol–water partition coefficient (Wildman–Crippen LogP) is 3.43. The normalized spacial score (nSPS) is 16.8. The Balaban J connectivity index is 2.02. The van der Waals surface area contributed by atoms with E-state index in [1.165, 1.54) is 12.1 Å². The third-order valence-electron chi connectivity index (χ3n) is 4.59. The quantitative estimate of drug-likeness (QED) is 0.892. The van der Waals surface area contributed by atoms with Crippen molar-refractivity contribution >= 4 is 17.7 Å². The van der Waals surface area contributed by atoms with Gasteiger partial charge in [-0.05, 0) is 42.9 Å². The molecule has 0 bridgehead atoms. The Morgan fingerprint density at radius 3 is 2.62 bits per heavy atom. The van der Waals surface area contributed by atoms with Crippen LogP contribution in [0.4, 0.5) is 10.5 Å². The van der Waals surface area contributed by atoms with Gasteiger partial charge in [-0.25, -0.2) is 9.59 Å². The highest BCUT2D eigenvalue weighted by Crippen LogP contribution is 2.37. The summed E-state index contributed by atoms with van der Waals surface area (Å²) in [7, 11) is 0. The molecule has 1 aliphatic rings. The first-order valence-corrected chi connectivity index (χ1v) is 7.39. The molecule has 0 radical (unpaired) electrons. The Kier molecular flexibility index (Phi) is 4.50. The minimum absolute atomic E-state index is 0.152. The molecule has 2 rings (SSSR count). The Morgan fingerprint density at radius 2 is 2.05 bits per heavy atom. The average Bonchev–Trinajstić information content (AvgIpc) is 2.93. The summed E-state index contributed by atoms with van der Waals surface area (Å²) in [6, 6.07) is 6.16. The summed E-state index contributed by atoms with van der Waals surface area (Å²) in [5, 5.41) is 11.8. The molecule has 1 aromatic carbocycles. The third kappa shape index (κ3) is 3.35. The Morgan fingerprint density at radius 1 is 1.33 bits per heavy atom. The lowest BCUT2D eigenvalue weighted by Gasteiger charge is -2.26. The number of nitrogens with one attached hydrogen (secondary N) is 1. The largest absolute Gasteiger partial charge is 0.478 e. The lowest BCUT2D eigenvalue weighted by molar-refractivity contribution is 0.0697. The average molecular weight is 290 g/mol. The number of carboxylic acids is 1. The highest BCUT2D eigenvalue weighted by Gasteiger charge is 2.36. The van der Waals surface area contributed by atoms with Crippen molar-refractivity contribution in [2.45, 2.75) is 33.1 Å². The van der Waals surface area contributed by atoms with Crippen molar-refractivity contribution in [3.05, 3.63) is 29.8 Å². The molecule has 0 atom stereocenters. The summed E-state index contributed by atoms with van der Waals surface area (Å²) < 4.78 is 0. The van der Waals surface area contributed by atoms with Crippen LogP contribution in [0.3, 0.4) is 0 Å². The number of benzene rings is 1. The standard InChI is InChI=1S/C16H22N2O3/c1-3-16(4-2)8-9-18(11-16)15(21)17-13-7-5-6-12(10-13)14(19)20/h5-7,10H,3-4,8-9,11H2,1-2H3,(H,17,21)(H,19,20). The number of carbonyl (C=O) groups is 2. The molecule has 0 aliphatic carbocycles. The molecule has 1 saturated heterocycles. The van der Waals surface area contributed by atoms with Crippen molar-refractivity contribution in [2.24, 2.45) is 5.41 Å². The van der Waals surface area contributed by atoms with Crippen molar-refractivity contribution in [1.82, 2.24) is 4.90 Å². The van der Waals surface area contributed by atoms with E-state index in [1.807, 2.05) is 4.90 Å². The van der Waals surface area contributed by atoms with Crippen LogP contribution in [0.15, 0.2) is 24.3 Å². The fraction of sp³-hybridized carbons (Fsp3) is 0.500. The van der Waals surface area contributed by atoms with Crippen LogP contribution >= 0.6 is 0 Å². The van der Waals surface area contributed by atoms with E-state index in [9.17, 15) is 9.59 Å². The Labute approximate surface area is 125 Å². The molecule has 1 aliphatic heterocycles.